The fourth-order valence-corrected chi connectivity index (χ4v) is 2.11. The Kier molecular flexibility index (Phi) is 4.07. The van der Waals surface area contributed by atoms with Crippen molar-refractivity contribution in [1.82, 2.24) is 5.32 Å². The molecule has 1 fully saturated rings. The Balaban J connectivity index is 0.00000144. The van der Waals surface area contributed by atoms with Gasteiger partial charge in [0.15, 0.2) is 0 Å². The van der Waals surface area contributed by atoms with Crippen molar-refractivity contribution in [2.75, 3.05) is 13.7 Å². The van der Waals surface area contributed by atoms with Gasteiger partial charge in [0.25, 0.3) is 0 Å². The van der Waals surface area contributed by atoms with Crippen LogP contribution in [0.5, 0.6) is 5.75 Å². The topological polar surface area (TPSA) is 30.5 Å². The number of benzene rings is 1. The predicted octanol–water partition coefficient (Wildman–Crippen LogP) is 2.69. The molecular weight excluding hydrogens is 238 g/mol. The van der Waals surface area contributed by atoms with Crippen LogP contribution < -0.4 is 10.1 Å². The third kappa shape index (κ3) is 2.92. The van der Waals surface area contributed by atoms with Crippen molar-refractivity contribution in [1.29, 1.82) is 0 Å². The molecule has 0 aromatic heterocycles. The van der Waals surface area contributed by atoms with E-state index in [1.54, 1.807) is 7.11 Å². The van der Waals surface area contributed by atoms with E-state index in [2.05, 4.69) is 26.1 Å². The Labute approximate surface area is 109 Å². The Morgan fingerprint density at radius 1 is 1.18 bits per heavy atom. The molecule has 3 nitrogen and oxygen atoms in total. The van der Waals surface area contributed by atoms with E-state index < -0.39 is 5.72 Å². The van der Waals surface area contributed by atoms with Gasteiger partial charge in [-0.1, -0.05) is 12.1 Å². The van der Waals surface area contributed by atoms with E-state index in [0.717, 1.165) is 17.9 Å². The Hall–Kier alpha value is -0.770. The first-order valence-corrected chi connectivity index (χ1v) is 5.53. The molecule has 17 heavy (non-hydrogen) atoms. The second-order valence-electron chi connectivity index (χ2n) is 5.06. The Morgan fingerprint density at radius 3 is 2.18 bits per heavy atom. The second-order valence-corrected chi connectivity index (χ2v) is 5.06. The van der Waals surface area contributed by atoms with Gasteiger partial charge in [-0.2, -0.15) is 0 Å². The third-order valence-electron chi connectivity index (χ3n) is 2.94. The largest absolute Gasteiger partial charge is 0.497 e. The summed E-state index contributed by atoms with van der Waals surface area (Å²) in [6, 6.07) is 7.98. The van der Waals surface area contributed by atoms with Crippen molar-refractivity contribution in [2.45, 2.75) is 32.0 Å². The average Bonchev–Trinajstić information content (AvgIpc) is 2.54. The predicted molar refractivity (Wildman–Crippen MR) is 70.8 cm³/mol. The van der Waals surface area contributed by atoms with Crippen molar-refractivity contribution in [2.24, 2.45) is 0 Å². The average molecular weight is 258 g/mol. The summed E-state index contributed by atoms with van der Waals surface area (Å²) in [4.78, 5) is 0. The highest BCUT2D eigenvalue weighted by Crippen LogP contribution is 2.32. The number of nitrogens with one attached hydrogen (secondary N) is 1. The van der Waals surface area contributed by atoms with Gasteiger partial charge in [0, 0.05) is 5.54 Å². The Morgan fingerprint density at radius 2 is 1.76 bits per heavy atom. The van der Waals surface area contributed by atoms with Gasteiger partial charge in [0.05, 0.1) is 13.7 Å². The summed E-state index contributed by atoms with van der Waals surface area (Å²) in [7, 11) is 1.67. The van der Waals surface area contributed by atoms with Gasteiger partial charge in [-0.05, 0) is 38.5 Å². The maximum atomic E-state index is 5.86. The monoisotopic (exact) mass is 257 g/mol. The number of hydrogen-bond acceptors (Lipinski definition) is 3. The Bertz CT molecular complexity index is 378. The number of halogens is 1. The summed E-state index contributed by atoms with van der Waals surface area (Å²) < 4.78 is 11.0. The van der Waals surface area contributed by atoms with E-state index in [9.17, 15) is 0 Å². The molecule has 1 atom stereocenters. The zero-order valence-electron chi connectivity index (χ0n) is 10.7. The SMILES string of the molecule is COc1ccc(C2(C)NC(C)(C)CO2)cc1.Cl. The lowest BCUT2D eigenvalue weighted by molar-refractivity contribution is 0.00216. The molecule has 1 aromatic rings. The quantitative estimate of drug-likeness (QED) is 0.884. The number of ether oxygens (including phenoxy) is 2. The molecule has 1 aliphatic heterocycles. The molecule has 0 bridgehead atoms. The lowest BCUT2D eigenvalue weighted by atomic mass is 10.0. The maximum Gasteiger partial charge on any atom is 0.143 e. The van der Waals surface area contributed by atoms with Crippen LogP contribution in [0.4, 0.5) is 0 Å². The molecule has 0 spiro atoms. The minimum Gasteiger partial charge on any atom is -0.497 e. The van der Waals surface area contributed by atoms with Crippen molar-refractivity contribution in [3.63, 3.8) is 0 Å². The molecule has 1 unspecified atom stereocenters. The molecule has 1 aliphatic rings. The van der Waals surface area contributed by atoms with Gasteiger partial charge in [-0.3, -0.25) is 5.32 Å². The summed E-state index contributed by atoms with van der Waals surface area (Å²) in [5.74, 6) is 0.865. The maximum absolute atomic E-state index is 5.86. The van der Waals surface area contributed by atoms with Crippen LogP contribution in [-0.2, 0) is 10.5 Å². The first-order valence-electron chi connectivity index (χ1n) is 5.53. The second kappa shape index (κ2) is 4.84. The summed E-state index contributed by atoms with van der Waals surface area (Å²) in [6.45, 7) is 7.06. The van der Waals surface area contributed by atoms with Crippen molar-refractivity contribution < 1.29 is 9.47 Å². The highest BCUT2D eigenvalue weighted by Gasteiger charge is 2.41. The van der Waals surface area contributed by atoms with E-state index in [0.29, 0.717) is 0 Å². The van der Waals surface area contributed by atoms with Crippen LogP contribution in [0.15, 0.2) is 24.3 Å². The van der Waals surface area contributed by atoms with Crippen molar-refractivity contribution >= 4 is 12.4 Å². The summed E-state index contributed by atoms with van der Waals surface area (Å²) in [6.07, 6.45) is 0. The van der Waals surface area contributed by atoms with Gasteiger partial charge in [-0.25, -0.2) is 0 Å². The van der Waals surface area contributed by atoms with Crippen LogP contribution in [0.2, 0.25) is 0 Å². The van der Waals surface area contributed by atoms with Crippen LogP contribution >= 0.6 is 12.4 Å². The number of methoxy groups -OCH3 is 1. The van der Waals surface area contributed by atoms with Crippen molar-refractivity contribution in [3.05, 3.63) is 29.8 Å². The molecule has 1 N–H and O–H groups in total. The molecule has 0 saturated carbocycles. The first-order chi connectivity index (χ1) is 7.45. The van der Waals surface area contributed by atoms with Gasteiger partial charge in [0.2, 0.25) is 0 Å². The molecular formula is C13H20ClNO2. The van der Waals surface area contributed by atoms with E-state index >= 15 is 0 Å². The molecule has 96 valence electrons. The minimum absolute atomic E-state index is 0. The fraction of sp³-hybridized carbons (Fsp3) is 0.538. The summed E-state index contributed by atoms with van der Waals surface area (Å²) in [5, 5.41) is 3.50. The lowest BCUT2D eigenvalue weighted by Gasteiger charge is -2.27. The van der Waals surface area contributed by atoms with Gasteiger partial charge >= 0.3 is 0 Å². The smallest absolute Gasteiger partial charge is 0.143 e. The molecule has 1 heterocycles. The molecule has 1 aromatic carbocycles. The third-order valence-corrected chi connectivity index (χ3v) is 2.94. The molecule has 0 radical (unpaired) electrons. The fourth-order valence-electron chi connectivity index (χ4n) is 2.11. The molecule has 0 amide bonds. The normalized spacial score (nSPS) is 26.4. The van der Waals surface area contributed by atoms with E-state index in [4.69, 9.17) is 9.47 Å². The standard InChI is InChI=1S/C13H19NO2.ClH/c1-12(2)9-16-13(3,14-12)10-5-7-11(15-4)8-6-10;/h5-8,14H,9H2,1-4H3;1H. The number of hydrogen-bond donors (Lipinski definition) is 1. The van der Waals surface area contributed by atoms with Crippen LogP contribution in [0.1, 0.15) is 26.3 Å². The van der Waals surface area contributed by atoms with Gasteiger partial charge < -0.3 is 9.47 Å². The van der Waals surface area contributed by atoms with Crippen molar-refractivity contribution in [3.8, 4) is 5.75 Å². The van der Waals surface area contributed by atoms with Gasteiger partial charge in [-0.15, -0.1) is 12.4 Å². The van der Waals surface area contributed by atoms with Gasteiger partial charge in [0.1, 0.15) is 11.5 Å². The number of rotatable bonds is 2. The van der Waals surface area contributed by atoms with E-state index in [-0.39, 0.29) is 17.9 Å². The highest BCUT2D eigenvalue weighted by atomic mass is 35.5. The van der Waals surface area contributed by atoms with E-state index in [1.165, 1.54) is 0 Å². The first kappa shape index (κ1) is 14.3. The summed E-state index contributed by atoms with van der Waals surface area (Å²) in [5.41, 5.74) is 0.753. The molecule has 1 saturated heterocycles. The van der Waals surface area contributed by atoms with Crippen LogP contribution in [-0.4, -0.2) is 19.3 Å². The van der Waals surface area contributed by atoms with Crippen LogP contribution in [0.25, 0.3) is 0 Å². The van der Waals surface area contributed by atoms with E-state index in [1.807, 2.05) is 24.3 Å². The minimum atomic E-state index is -0.393. The van der Waals surface area contributed by atoms with Crippen LogP contribution in [0, 0.1) is 0 Å². The van der Waals surface area contributed by atoms with Crippen LogP contribution in [0.3, 0.4) is 0 Å². The molecule has 0 aliphatic carbocycles. The zero-order chi connectivity index (χ0) is 11.8. The molecule has 2 rings (SSSR count). The zero-order valence-corrected chi connectivity index (χ0v) is 11.6. The summed E-state index contributed by atoms with van der Waals surface area (Å²) >= 11 is 0. The molecule has 4 heteroatoms. The highest BCUT2D eigenvalue weighted by molar-refractivity contribution is 5.85. The lowest BCUT2D eigenvalue weighted by Crippen LogP contribution is -2.44.